The van der Waals surface area contributed by atoms with E-state index in [4.69, 9.17) is 3.07 Å². The Hall–Kier alpha value is -1.29. The standard InChI is InChI=1S/2C7H7.C6H11.C2H4O2.Sn/c2*1-7-5-3-2-4-6-7;1-2-4-6-5-3-1;1-2(3)4;/h2*2-3,5-6H,1H3;1H,2-6H2;1H3,(H,3,4);/q;;;;+1/p-1. The number of carbonyl (C=O) groups is 1. The summed E-state index contributed by atoms with van der Waals surface area (Å²) >= 11 is -3.61. The second-order valence-electron chi connectivity index (χ2n) is 7.40. The van der Waals surface area contributed by atoms with Gasteiger partial charge in [-0.15, -0.1) is 0 Å². The van der Waals surface area contributed by atoms with Crippen LogP contribution >= 0.6 is 0 Å². The van der Waals surface area contributed by atoms with Gasteiger partial charge in [-0.2, -0.15) is 0 Å². The second-order valence-corrected chi connectivity index (χ2v) is 17.8. The summed E-state index contributed by atoms with van der Waals surface area (Å²) in [4.78, 5) is 12.2. The van der Waals surface area contributed by atoms with Crippen molar-refractivity contribution in [3.63, 3.8) is 0 Å². The third kappa shape index (κ3) is 3.94. The zero-order chi connectivity index (χ0) is 17.9. The van der Waals surface area contributed by atoms with Crippen molar-refractivity contribution in [1.29, 1.82) is 0 Å². The van der Waals surface area contributed by atoms with Gasteiger partial charge in [0, 0.05) is 0 Å². The normalized spacial score (nSPS) is 15.8. The molecule has 0 amide bonds. The number of benzene rings is 2. The molecule has 0 aliphatic heterocycles. The van der Waals surface area contributed by atoms with Crippen molar-refractivity contribution in [3.8, 4) is 0 Å². The minimum absolute atomic E-state index is 0.121. The van der Waals surface area contributed by atoms with E-state index in [1.165, 1.54) is 50.4 Å². The number of carbonyl (C=O) groups excluding carboxylic acids is 1. The molecular weight excluding hydrogens is 415 g/mol. The summed E-state index contributed by atoms with van der Waals surface area (Å²) < 4.78 is 9.57. The fourth-order valence-electron chi connectivity index (χ4n) is 4.33. The van der Waals surface area contributed by atoms with Crippen LogP contribution in [0.25, 0.3) is 0 Å². The Morgan fingerprint density at radius 2 is 1.44 bits per heavy atom. The first-order valence-corrected chi connectivity index (χ1v) is 15.0. The molecule has 0 heterocycles. The molecule has 0 spiro atoms. The predicted octanol–water partition coefficient (Wildman–Crippen LogP) is 4.26. The average Bonchev–Trinajstić information content (AvgIpc) is 2.60. The van der Waals surface area contributed by atoms with Gasteiger partial charge in [0.15, 0.2) is 0 Å². The van der Waals surface area contributed by atoms with Gasteiger partial charge in [-0.25, -0.2) is 0 Å². The van der Waals surface area contributed by atoms with E-state index in [0.29, 0.717) is 3.93 Å². The summed E-state index contributed by atoms with van der Waals surface area (Å²) in [6, 6.07) is 17.5. The second kappa shape index (κ2) is 7.94. The van der Waals surface area contributed by atoms with Crippen molar-refractivity contribution in [1.82, 2.24) is 0 Å². The van der Waals surface area contributed by atoms with Crippen LogP contribution in [-0.2, 0) is 7.87 Å². The Kier molecular flexibility index (Phi) is 5.88. The van der Waals surface area contributed by atoms with Crippen LogP contribution in [0.3, 0.4) is 0 Å². The molecule has 0 aromatic heterocycles. The number of hydrogen-bond donors (Lipinski definition) is 0. The van der Waals surface area contributed by atoms with Crippen LogP contribution < -0.4 is 7.16 Å². The molecule has 1 aliphatic carbocycles. The van der Waals surface area contributed by atoms with E-state index in [0.717, 1.165) is 0 Å². The number of hydrogen-bond acceptors (Lipinski definition) is 2. The number of rotatable bonds is 4. The van der Waals surface area contributed by atoms with Crippen molar-refractivity contribution in [3.05, 3.63) is 59.7 Å². The Bertz CT molecular complexity index is 702. The molecule has 0 atom stereocenters. The third-order valence-corrected chi connectivity index (χ3v) is 18.7. The van der Waals surface area contributed by atoms with Gasteiger partial charge in [-0.05, 0) is 0 Å². The summed E-state index contributed by atoms with van der Waals surface area (Å²) in [7, 11) is 0. The van der Waals surface area contributed by atoms with E-state index in [1.54, 1.807) is 6.92 Å². The summed E-state index contributed by atoms with van der Waals surface area (Å²) in [6.45, 7) is 5.84. The van der Waals surface area contributed by atoms with Crippen LogP contribution in [0.5, 0.6) is 0 Å². The van der Waals surface area contributed by atoms with E-state index in [2.05, 4.69) is 62.4 Å². The van der Waals surface area contributed by atoms with Gasteiger partial charge >= 0.3 is 156 Å². The molecule has 0 unspecified atom stereocenters. The quantitative estimate of drug-likeness (QED) is 0.661. The monoisotopic (exact) mass is 444 g/mol. The predicted molar refractivity (Wildman–Crippen MR) is 106 cm³/mol. The van der Waals surface area contributed by atoms with Crippen LogP contribution in [0, 0.1) is 13.8 Å². The molecule has 3 heteroatoms. The SMILES string of the molecule is CC(=O)[O][Sn]([c]1cccc(C)c1)([c]1cccc(C)c1)[CH]1CCCCC1. The molecule has 0 saturated heterocycles. The zero-order valence-electron chi connectivity index (χ0n) is 15.5. The first-order chi connectivity index (χ1) is 12.0. The summed E-state index contributed by atoms with van der Waals surface area (Å²) in [5.41, 5.74) is 2.49. The van der Waals surface area contributed by atoms with Crippen LogP contribution in [0.15, 0.2) is 48.5 Å². The molecule has 0 radical (unpaired) electrons. The molecule has 2 aromatic carbocycles. The topological polar surface area (TPSA) is 26.3 Å². The molecule has 2 nitrogen and oxygen atoms in total. The Morgan fingerprint density at radius 3 is 1.88 bits per heavy atom. The molecule has 132 valence electrons. The first kappa shape index (κ1) is 18.5. The molecule has 1 saturated carbocycles. The maximum absolute atomic E-state index is 12.2. The van der Waals surface area contributed by atoms with Crippen molar-refractivity contribution >= 4 is 31.9 Å². The molecular formula is C22H28O2Sn. The van der Waals surface area contributed by atoms with Crippen LogP contribution in [0.4, 0.5) is 0 Å². The first-order valence-electron chi connectivity index (χ1n) is 9.36. The van der Waals surface area contributed by atoms with Gasteiger partial charge in [0.2, 0.25) is 0 Å². The number of aryl methyl sites for hydroxylation is 2. The zero-order valence-corrected chi connectivity index (χ0v) is 18.4. The Morgan fingerprint density at radius 1 is 0.920 bits per heavy atom. The third-order valence-electron chi connectivity index (χ3n) is 5.38. The van der Waals surface area contributed by atoms with E-state index < -0.39 is 18.8 Å². The molecule has 2 aromatic rings. The molecule has 0 N–H and O–H groups in total. The fourth-order valence-corrected chi connectivity index (χ4v) is 18.4. The van der Waals surface area contributed by atoms with Gasteiger partial charge < -0.3 is 0 Å². The van der Waals surface area contributed by atoms with Crippen molar-refractivity contribution in [2.24, 2.45) is 0 Å². The molecule has 1 aliphatic rings. The van der Waals surface area contributed by atoms with E-state index in [9.17, 15) is 4.79 Å². The Labute approximate surface area is 156 Å². The van der Waals surface area contributed by atoms with Crippen LogP contribution in [0.1, 0.15) is 50.2 Å². The van der Waals surface area contributed by atoms with Crippen LogP contribution in [-0.4, -0.2) is 24.8 Å². The average molecular weight is 443 g/mol. The van der Waals surface area contributed by atoms with E-state index >= 15 is 0 Å². The summed E-state index contributed by atoms with van der Waals surface area (Å²) in [6.07, 6.45) is 6.18. The molecule has 3 rings (SSSR count). The summed E-state index contributed by atoms with van der Waals surface area (Å²) in [5.74, 6) is -0.121. The van der Waals surface area contributed by atoms with Gasteiger partial charge in [0.05, 0.1) is 0 Å². The molecule has 25 heavy (non-hydrogen) atoms. The molecule has 0 bridgehead atoms. The van der Waals surface area contributed by atoms with E-state index in [1.807, 2.05) is 0 Å². The summed E-state index contributed by atoms with van der Waals surface area (Å²) in [5, 5.41) is 0. The van der Waals surface area contributed by atoms with Gasteiger partial charge in [-0.3, -0.25) is 0 Å². The minimum atomic E-state index is -3.61. The van der Waals surface area contributed by atoms with Crippen LogP contribution in [0.2, 0.25) is 3.93 Å². The van der Waals surface area contributed by atoms with Crippen molar-refractivity contribution in [2.45, 2.75) is 56.8 Å². The van der Waals surface area contributed by atoms with Crippen molar-refractivity contribution in [2.75, 3.05) is 0 Å². The Balaban J connectivity index is 2.24. The maximum atomic E-state index is 12.2. The van der Waals surface area contributed by atoms with Gasteiger partial charge in [0.25, 0.3) is 0 Å². The molecule has 1 fully saturated rings. The fraction of sp³-hybridized carbons (Fsp3) is 0.409. The van der Waals surface area contributed by atoms with Gasteiger partial charge in [-0.1, -0.05) is 0 Å². The van der Waals surface area contributed by atoms with Crippen molar-refractivity contribution < 1.29 is 7.87 Å². The van der Waals surface area contributed by atoms with E-state index in [-0.39, 0.29) is 5.97 Å². The van der Waals surface area contributed by atoms with Gasteiger partial charge in [0.1, 0.15) is 0 Å².